The molecule has 0 atom stereocenters. The van der Waals surface area contributed by atoms with E-state index in [2.05, 4.69) is 17.3 Å². The number of nitrogens with one attached hydrogen (secondary N) is 1. The second-order valence-electron chi connectivity index (χ2n) is 4.39. The second-order valence-corrected chi connectivity index (χ2v) is 4.80. The van der Waals surface area contributed by atoms with Gasteiger partial charge in [-0.25, -0.2) is 0 Å². The third-order valence-electron chi connectivity index (χ3n) is 2.66. The van der Waals surface area contributed by atoms with E-state index in [1.165, 1.54) is 0 Å². The fraction of sp³-hybridized carbons (Fsp3) is 0.357. The average Bonchev–Trinajstić information content (AvgIpc) is 2.79. The van der Waals surface area contributed by atoms with Crippen molar-refractivity contribution >= 4 is 11.6 Å². The molecule has 0 fully saturated rings. The zero-order valence-electron chi connectivity index (χ0n) is 11.2. The number of rotatable bonds is 6. The highest BCUT2D eigenvalue weighted by Crippen LogP contribution is 2.29. The molecule has 0 radical (unpaired) electrons. The van der Waals surface area contributed by atoms with E-state index in [9.17, 15) is 0 Å². The van der Waals surface area contributed by atoms with Crippen LogP contribution in [0.15, 0.2) is 30.6 Å². The minimum atomic E-state index is 0.611. The normalized spacial score (nSPS) is 10.7. The maximum absolute atomic E-state index is 6.22. The lowest BCUT2D eigenvalue weighted by Gasteiger charge is -2.08. The smallest absolute Gasteiger partial charge is 0.165 e. The lowest BCUT2D eigenvalue weighted by Crippen LogP contribution is -2.13. The van der Waals surface area contributed by atoms with Crippen LogP contribution in [0.5, 0.6) is 11.5 Å². The Morgan fingerprint density at radius 2 is 2.26 bits per heavy atom. The highest BCUT2D eigenvalue weighted by atomic mass is 35.5. The zero-order chi connectivity index (χ0) is 13.7. The first-order valence-corrected chi connectivity index (χ1v) is 6.72. The number of hydrogen-bond donors (Lipinski definition) is 1. The molecule has 2 aromatic rings. The second kappa shape index (κ2) is 6.59. The maximum atomic E-state index is 6.22. The minimum Gasteiger partial charge on any atom is -0.452 e. The van der Waals surface area contributed by atoms with Gasteiger partial charge in [-0.2, -0.15) is 5.10 Å². The number of ether oxygens (including phenoxy) is 1. The number of benzene rings is 1. The Balaban J connectivity index is 2.02. The molecule has 102 valence electrons. The summed E-state index contributed by atoms with van der Waals surface area (Å²) in [5.74, 6) is 1.33. The van der Waals surface area contributed by atoms with Gasteiger partial charge in [0, 0.05) is 13.6 Å². The van der Waals surface area contributed by atoms with Crippen LogP contribution in [0.2, 0.25) is 5.02 Å². The molecule has 1 N–H and O–H groups in total. The molecule has 1 heterocycles. The Kier molecular flexibility index (Phi) is 4.82. The number of hydrogen-bond acceptors (Lipinski definition) is 3. The Hall–Kier alpha value is -1.52. The van der Waals surface area contributed by atoms with E-state index in [1.54, 1.807) is 17.1 Å². The molecular weight excluding hydrogens is 262 g/mol. The Morgan fingerprint density at radius 1 is 1.42 bits per heavy atom. The summed E-state index contributed by atoms with van der Waals surface area (Å²) in [6, 6.07) is 5.83. The van der Waals surface area contributed by atoms with Gasteiger partial charge in [-0.3, -0.25) is 4.68 Å². The molecule has 0 aliphatic carbocycles. The van der Waals surface area contributed by atoms with Gasteiger partial charge in [0.2, 0.25) is 0 Å². The summed E-state index contributed by atoms with van der Waals surface area (Å²) >= 11 is 6.22. The van der Waals surface area contributed by atoms with Gasteiger partial charge in [0.1, 0.15) is 5.75 Å². The topological polar surface area (TPSA) is 39.1 Å². The van der Waals surface area contributed by atoms with Gasteiger partial charge in [0.25, 0.3) is 0 Å². The van der Waals surface area contributed by atoms with Gasteiger partial charge in [-0.1, -0.05) is 24.6 Å². The molecular formula is C14H18ClN3O. The van der Waals surface area contributed by atoms with Crippen LogP contribution < -0.4 is 10.1 Å². The zero-order valence-corrected chi connectivity index (χ0v) is 11.9. The summed E-state index contributed by atoms with van der Waals surface area (Å²) in [6.07, 6.45) is 4.58. The highest BCUT2D eigenvalue weighted by Gasteiger charge is 2.05. The summed E-state index contributed by atoms with van der Waals surface area (Å²) in [5.41, 5.74) is 1.15. The molecule has 0 aliphatic heterocycles. The van der Waals surface area contributed by atoms with E-state index < -0.39 is 0 Å². The number of aromatic nitrogens is 2. The summed E-state index contributed by atoms with van der Waals surface area (Å²) in [7, 11) is 1.84. The molecule has 1 aromatic carbocycles. The first-order valence-electron chi connectivity index (χ1n) is 6.34. The third kappa shape index (κ3) is 3.98. The van der Waals surface area contributed by atoms with Crippen molar-refractivity contribution in [2.45, 2.75) is 19.9 Å². The van der Waals surface area contributed by atoms with Gasteiger partial charge < -0.3 is 10.1 Å². The molecule has 0 bridgehead atoms. The molecule has 0 aliphatic rings. The molecule has 2 rings (SSSR count). The van der Waals surface area contributed by atoms with Crippen molar-refractivity contribution in [1.82, 2.24) is 15.1 Å². The highest BCUT2D eigenvalue weighted by molar-refractivity contribution is 6.32. The quantitative estimate of drug-likeness (QED) is 0.824. The van der Waals surface area contributed by atoms with Gasteiger partial charge in [-0.05, 0) is 30.7 Å². The van der Waals surface area contributed by atoms with Gasteiger partial charge in [0.05, 0.1) is 17.4 Å². The lowest BCUT2D eigenvalue weighted by molar-refractivity contribution is 0.482. The summed E-state index contributed by atoms with van der Waals surface area (Å²) in [6.45, 7) is 3.97. The molecule has 1 aromatic heterocycles. The fourth-order valence-electron chi connectivity index (χ4n) is 1.73. The molecule has 0 spiro atoms. The van der Waals surface area contributed by atoms with Crippen LogP contribution in [0.1, 0.15) is 18.9 Å². The Morgan fingerprint density at radius 3 is 2.89 bits per heavy atom. The molecule has 5 heteroatoms. The first-order chi connectivity index (χ1) is 9.19. The van der Waals surface area contributed by atoms with Crippen molar-refractivity contribution < 1.29 is 4.74 Å². The largest absolute Gasteiger partial charge is 0.452 e. The van der Waals surface area contributed by atoms with Crippen LogP contribution in [-0.2, 0) is 13.6 Å². The Labute approximate surface area is 118 Å². The van der Waals surface area contributed by atoms with Crippen molar-refractivity contribution in [2.24, 2.45) is 7.05 Å². The van der Waals surface area contributed by atoms with Gasteiger partial charge in [-0.15, -0.1) is 0 Å². The fourth-order valence-corrected chi connectivity index (χ4v) is 1.97. The number of aryl methyl sites for hydroxylation is 1. The predicted molar refractivity (Wildman–Crippen MR) is 76.7 cm³/mol. The minimum absolute atomic E-state index is 0.611. The van der Waals surface area contributed by atoms with E-state index in [0.29, 0.717) is 16.5 Å². The van der Waals surface area contributed by atoms with Crippen LogP contribution in [0, 0.1) is 0 Å². The number of halogens is 1. The summed E-state index contributed by atoms with van der Waals surface area (Å²) in [4.78, 5) is 0. The summed E-state index contributed by atoms with van der Waals surface area (Å²) < 4.78 is 7.36. The van der Waals surface area contributed by atoms with Crippen molar-refractivity contribution in [3.8, 4) is 11.5 Å². The van der Waals surface area contributed by atoms with Gasteiger partial charge in [0.15, 0.2) is 5.75 Å². The van der Waals surface area contributed by atoms with Crippen molar-refractivity contribution in [1.29, 1.82) is 0 Å². The monoisotopic (exact) mass is 279 g/mol. The van der Waals surface area contributed by atoms with Crippen molar-refractivity contribution in [3.05, 3.63) is 41.2 Å². The SMILES string of the molecule is CCCNCc1ccc(Oc2cnn(C)c2)c(Cl)c1. The molecule has 0 amide bonds. The van der Waals surface area contributed by atoms with E-state index >= 15 is 0 Å². The molecule has 0 saturated carbocycles. The van der Waals surface area contributed by atoms with Crippen LogP contribution in [0.25, 0.3) is 0 Å². The van der Waals surface area contributed by atoms with E-state index in [-0.39, 0.29) is 0 Å². The van der Waals surface area contributed by atoms with Crippen LogP contribution in [0.4, 0.5) is 0 Å². The van der Waals surface area contributed by atoms with E-state index in [0.717, 1.165) is 25.1 Å². The standard InChI is InChI=1S/C14H18ClN3O/c1-3-6-16-8-11-4-5-14(13(15)7-11)19-12-9-17-18(2)10-12/h4-5,7,9-10,16H,3,6,8H2,1-2H3. The van der Waals surface area contributed by atoms with E-state index in [4.69, 9.17) is 16.3 Å². The number of nitrogens with zero attached hydrogens (tertiary/aromatic N) is 2. The average molecular weight is 280 g/mol. The first kappa shape index (κ1) is 13.9. The van der Waals surface area contributed by atoms with Crippen LogP contribution in [-0.4, -0.2) is 16.3 Å². The van der Waals surface area contributed by atoms with Crippen LogP contribution in [0.3, 0.4) is 0 Å². The van der Waals surface area contributed by atoms with Crippen LogP contribution >= 0.6 is 11.6 Å². The van der Waals surface area contributed by atoms with E-state index in [1.807, 2.05) is 25.2 Å². The van der Waals surface area contributed by atoms with Crippen molar-refractivity contribution in [3.63, 3.8) is 0 Å². The molecule has 0 unspecified atom stereocenters. The Bertz CT molecular complexity index is 539. The molecule has 0 saturated heterocycles. The summed E-state index contributed by atoms with van der Waals surface area (Å²) in [5, 5.41) is 8.00. The third-order valence-corrected chi connectivity index (χ3v) is 2.96. The van der Waals surface area contributed by atoms with Gasteiger partial charge >= 0.3 is 0 Å². The molecule has 19 heavy (non-hydrogen) atoms. The van der Waals surface area contributed by atoms with Crippen molar-refractivity contribution in [2.75, 3.05) is 6.54 Å². The maximum Gasteiger partial charge on any atom is 0.165 e. The lowest BCUT2D eigenvalue weighted by atomic mass is 10.2. The predicted octanol–water partition coefficient (Wildman–Crippen LogP) is 3.37. The molecule has 4 nitrogen and oxygen atoms in total.